The van der Waals surface area contributed by atoms with E-state index in [0.717, 1.165) is 11.3 Å². The molecular formula is C16H18Cl2N4S. The van der Waals surface area contributed by atoms with Crippen molar-refractivity contribution in [3.63, 3.8) is 0 Å². The molecule has 122 valence electrons. The average Bonchev–Trinajstić information content (AvgIpc) is 2.52. The minimum absolute atomic E-state index is 0.164. The van der Waals surface area contributed by atoms with E-state index in [0.29, 0.717) is 21.7 Å². The Balaban J connectivity index is 1.95. The van der Waals surface area contributed by atoms with Gasteiger partial charge < -0.3 is 15.5 Å². The first-order valence-electron chi connectivity index (χ1n) is 7.03. The van der Waals surface area contributed by atoms with E-state index in [-0.39, 0.29) is 6.04 Å². The third kappa shape index (κ3) is 5.32. The van der Waals surface area contributed by atoms with Gasteiger partial charge in [-0.25, -0.2) is 0 Å². The lowest BCUT2D eigenvalue weighted by atomic mass is 10.1. The van der Waals surface area contributed by atoms with E-state index in [1.165, 1.54) is 0 Å². The van der Waals surface area contributed by atoms with Crippen molar-refractivity contribution in [2.75, 3.05) is 26.0 Å². The van der Waals surface area contributed by atoms with Crippen LogP contribution in [0.1, 0.15) is 11.6 Å². The van der Waals surface area contributed by atoms with E-state index in [9.17, 15) is 0 Å². The Morgan fingerprint density at radius 3 is 2.65 bits per heavy atom. The van der Waals surface area contributed by atoms with Gasteiger partial charge in [-0.3, -0.25) is 4.98 Å². The van der Waals surface area contributed by atoms with Crippen molar-refractivity contribution in [1.82, 2.24) is 15.2 Å². The Kier molecular flexibility index (Phi) is 6.59. The van der Waals surface area contributed by atoms with E-state index in [1.807, 2.05) is 32.4 Å². The van der Waals surface area contributed by atoms with Gasteiger partial charge in [0.15, 0.2) is 5.11 Å². The standard InChI is InChI=1S/C16H18Cl2N4S/c1-22(2)15(11-4-3-7-19-9-11)10-20-16(23)21-12-5-6-13(17)14(18)8-12/h3-9,15H,10H2,1-2H3,(H2,20,21,23)/t15-/m0/s1. The van der Waals surface area contributed by atoms with Crippen LogP contribution in [0, 0.1) is 0 Å². The molecule has 4 nitrogen and oxygen atoms in total. The van der Waals surface area contributed by atoms with Crippen LogP contribution < -0.4 is 10.6 Å². The minimum atomic E-state index is 0.164. The molecule has 0 aliphatic heterocycles. The number of halogens is 2. The summed E-state index contributed by atoms with van der Waals surface area (Å²) in [6.07, 6.45) is 3.63. The number of benzene rings is 1. The quantitative estimate of drug-likeness (QED) is 0.781. The summed E-state index contributed by atoms with van der Waals surface area (Å²) in [5.41, 5.74) is 1.92. The zero-order chi connectivity index (χ0) is 16.8. The maximum atomic E-state index is 6.00. The second-order valence-corrected chi connectivity index (χ2v) is 6.45. The van der Waals surface area contributed by atoms with Crippen LogP contribution in [-0.4, -0.2) is 35.6 Å². The van der Waals surface area contributed by atoms with Gasteiger partial charge in [-0.05, 0) is 56.1 Å². The highest BCUT2D eigenvalue weighted by Crippen LogP contribution is 2.25. The number of rotatable bonds is 5. The van der Waals surface area contributed by atoms with Crippen LogP contribution in [0.2, 0.25) is 10.0 Å². The number of hydrogen-bond donors (Lipinski definition) is 2. The zero-order valence-electron chi connectivity index (χ0n) is 12.9. The van der Waals surface area contributed by atoms with E-state index in [4.69, 9.17) is 35.4 Å². The summed E-state index contributed by atoms with van der Waals surface area (Å²) in [4.78, 5) is 6.29. The molecular weight excluding hydrogens is 351 g/mol. The van der Waals surface area contributed by atoms with Gasteiger partial charge >= 0.3 is 0 Å². The molecule has 23 heavy (non-hydrogen) atoms. The average molecular weight is 369 g/mol. The van der Waals surface area contributed by atoms with Crippen LogP contribution in [0.25, 0.3) is 0 Å². The summed E-state index contributed by atoms with van der Waals surface area (Å²) in [6.45, 7) is 0.659. The van der Waals surface area contributed by atoms with Crippen LogP contribution >= 0.6 is 35.4 Å². The number of likely N-dealkylation sites (N-methyl/N-ethyl adjacent to an activating group) is 1. The number of pyridine rings is 1. The molecule has 0 saturated heterocycles. The molecule has 0 aliphatic carbocycles. The SMILES string of the molecule is CN(C)[C@@H](CNC(=S)Nc1ccc(Cl)c(Cl)c1)c1cccnc1. The Labute approximate surface area is 151 Å². The fourth-order valence-electron chi connectivity index (χ4n) is 2.11. The molecule has 0 unspecified atom stereocenters. The van der Waals surface area contributed by atoms with Crippen molar-refractivity contribution in [3.8, 4) is 0 Å². The molecule has 0 amide bonds. The first-order valence-corrected chi connectivity index (χ1v) is 8.20. The lowest BCUT2D eigenvalue weighted by Gasteiger charge is -2.25. The third-order valence-corrected chi connectivity index (χ3v) is 4.31. The van der Waals surface area contributed by atoms with Gasteiger partial charge in [-0.1, -0.05) is 29.3 Å². The van der Waals surface area contributed by atoms with Crippen LogP contribution in [0.15, 0.2) is 42.7 Å². The molecule has 1 atom stereocenters. The van der Waals surface area contributed by atoms with Gasteiger partial charge in [-0.2, -0.15) is 0 Å². The van der Waals surface area contributed by atoms with Crippen LogP contribution in [-0.2, 0) is 0 Å². The molecule has 2 N–H and O–H groups in total. The Bertz CT molecular complexity index is 664. The monoisotopic (exact) mass is 368 g/mol. The molecule has 2 aromatic rings. The summed E-state index contributed by atoms with van der Waals surface area (Å²) in [6, 6.07) is 9.44. The largest absolute Gasteiger partial charge is 0.361 e. The maximum absolute atomic E-state index is 6.00. The second-order valence-electron chi connectivity index (χ2n) is 5.23. The molecule has 0 bridgehead atoms. The lowest BCUT2D eigenvalue weighted by molar-refractivity contribution is 0.298. The fraction of sp³-hybridized carbons (Fsp3) is 0.250. The van der Waals surface area contributed by atoms with Crippen molar-refractivity contribution in [2.24, 2.45) is 0 Å². The van der Waals surface area contributed by atoms with Crippen molar-refractivity contribution < 1.29 is 0 Å². The summed E-state index contributed by atoms with van der Waals surface area (Å²) >= 11 is 17.2. The molecule has 1 aromatic heterocycles. The smallest absolute Gasteiger partial charge is 0.170 e. The van der Waals surface area contributed by atoms with Crippen molar-refractivity contribution in [2.45, 2.75) is 6.04 Å². The molecule has 7 heteroatoms. The minimum Gasteiger partial charge on any atom is -0.361 e. The van der Waals surface area contributed by atoms with Gasteiger partial charge in [0, 0.05) is 24.6 Å². The number of hydrogen-bond acceptors (Lipinski definition) is 3. The highest BCUT2D eigenvalue weighted by atomic mass is 35.5. The predicted molar refractivity (Wildman–Crippen MR) is 101 cm³/mol. The van der Waals surface area contributed by atoms with E-state index in [2.05, 4.69) is 26.6 Å². The molecule has 0 aliphatic rings. The Morgan fingerprint density at radius 1 is 1.26 bits per heavy atom. The molecule has 0 saturated carbocycles. The molecule has 0 fully saturated rings. The fourth-order valence-corrected chi connectivity index (χ4v) is 2.61. The van der Waals surface area contributed by atoms with Crippen molar-refractivity contribution >= 4 is 46.2 Å². The van der Waals surface area contributed by atoms with Crippen LogP contribution in [0.5, 0.6) is 0 Å². The molecule has 1 heterocycles. The number of anilines is 1. The molecule has 0 radical (unpaired) electrons. The van der Waals surface area contributed by atoms with Crippen molar-refractivity contribution in [3.05, 3.63) is 58.3 Å². The predicted octanol–water partition coefficient (Wildman–Crippen LogP) is 3.98. The number of nitrogens with one attached hydrogen (secondary N) is 2. The summed E-state index contributed by atoms with van der Waals surface area (Å²) in [5, 5.41) is 7.85. The van der Waals surface area contributed by atoms with Crippen LogP contribution in [0.3, 0.4) is 0 Å². The Morgan fingerprint density at radius 2 is 2.04 bits per heavy atom. The highest BCUT2D eigenvalue weighted by Gasteiger charge is 2.14. The zero-order valence-corrected chi connectivity index (χ0v) is 15.2. The third-order valence-electron chi connectivity index (χ3n) is 3.33. The number of nitrogens with zero attached hydrogens (tertiary/aromatic N) is 2. The molecule has 2 rings (SSSR count). The molecule has 1 aromatic carbocycles. The molecule has 0 spiro atoms. The first kappa shape index (κ1) is 17.9. The van der Waals surface area contributed by atoms with Gasteiger partial charge in [0.2, 0.25) is 0 Å². The maximum Gasteiger partial charge on any atom is 0.170 e. The summed E-state index contributed by atoms with van der Waals surface area (Å²) < 4.78 is 0. The number of thiocarbonyl (C=S) groups is 1. The summed E-state index contributed by atoms with van der Waals surface area (Å²) in [7, 11) is 4.05. The summed E-state index contributed by atoms with van der Waals surface area (Å²) in [5.74, 6) is 0. The van der Waals surface area contributed by atoms with E-state index < -0.39 is 0 Å². The topological polar surface area (TPSA) is 40.2 Å². The lowest BCUT2D eigenvalue weighted by Crippen LogP contribution is -2.36. The van der Waals surface area contributed by atoms with Gasteiger partial charge in [0.25, 0.3) is 0 Å². The highest BCUT2D eigenvalue weighted by molar-refractivity contribution is 7.80. The first-order chi connectivity index (χ1) is 11.0. The van der Waals surface area contributed by atoms with Gasteiger partial charge in [0.1, 0.15) is 0 Å². The van der Waals surface area contributed by atoms with Gasteiger partial charge in [0.05, 0.1) is 16.1 Å². The van der Waals surface area contributed by atoms with E-state index in [1.54, 1.807) is 18.3 Å². The van der Waals surface area contributed by atoms with Crippen LogP contribution in [0.4, 0.5) is 5.69 Å². The number of aromatic nitrogens is 1. The normalized spacial score (nSPS) is 12.0. The second kappa shape index (κ2) is 8.45. The van der Waals surface area contributed by atoms with Crippen molar-refractivity contribution in [1.29, 1.82) is 0 Å². The van der Waals surface area contributed by atoms with Gasteiger partial charge in [-0.15, -0.1) is 0 Å². The van der Waals surface area contributed by atoms with E-state index >= 15 is 0 Å². The Hall–Kier alpha value is -1.40.